The molecule has 1 heterocycles. The van der Waals surface area contributed by atoms with Gasteiger partial charge in [0, 0.05) is 13.5 Å². The number of aromatic nitrogens is 4. The second-order valence-electron chi connectivity index (χ2n) is 4.63. The maximum Gasteiger partial charge on any atom is 0.316 e. The van der Waals surface area contributed by atoms with Crippen LogP contribution in [0.25, 0.3) is 0 Å². The lowest BCUT2D eigenvalue weighted by Gasteiger charge is -2.27. The van der Waals surface area contributed by atoms with Gasteiger partial charge in [-0.05, 0) is 22.4 Å². The number of aliphatic hydroxyl groups is 1. The predicted molar refractivity (Wildman–Crippen MR) is 70.0 cm³/mol. The van der Waals surface area contributed by atoms with E-state index in [1.807, 2.05) is 0 Å². The van der Waals surface area contributed by atoms with Crippen LogP contribution in [-0.4, -0.2) is 43.0 Å². The minimum absolute atomic E-state index is 0.219. The van der Waals surface area contributed by atoms with Crippen LogP contribution in [0.1, 0.15) is 17.8 Å². The number of rotatable bonds is 6. The van der Waals surface area contributed by atoms with Gasteiger partial charge in [-0.25, -0.2) is 4.68 Å². The van der Waals surface area contributed by atoms with E-state index in [1.165, 1.54) is 4.68 Å². The minimum atomic E-state index is -1.34. The van der Waals surface area contributed by atoms with E-state index in [-0.39, 0.29) is 6.42 Å². The molecule has 1 aromatic heterocycles. The third-order valence-corrected chi connectivity index (χ3v) is 3.49. The van der Waals surface area contributed by atoms with Gasteiger partial charge in [-0.3, -0.25) is 4.79 Å². The fourth-order valence-corrected chi connectivity index (χ4v) is 2.15. The average molecular weight is 276 g/mol. The Morgan fingerprint density at radius 2 is 2.05 bits per heavy atom. The second-order valence-corrected chi connectivity index (χ2v) is 4.63. The molecule has 0 radical (unpaired) electrons. The van der Waals surface area contributed by atoms with E-state index in [1.54, 1.807) is 37.4 Å². The molecule has 0 aliphatic rings. The molecule has 2 aromatic rings. The third kappa shape index (κ3) is 2.53. The largest absolute Gasteiger partial charge is 0.481 e. The Kier molecular flexibility index (Phi) is 4.09. The van der Waals surface area contributed by atoms with Gasteiger partial charge >= 0.3 is 5.97 Å². The summed E-state index contributed by atoms with van der Waals surface area (Å²) in [5, 5.41) is 30.3. The number of carbonyl (C=O) groups is 1. The summed E-state index contributed by atoms with van der Waals surface area (Å²) < 4.78 is 1.50. The van der Waals surface area contributed by atoms with Crippen LogP contribution < -0.4 is 0 Å². The minimum Gasteiger partial charge on any atom is -0.481 e. The molecule has 1 unspecified atom stereocenters. The van der Waals surface area contributed by atoms with Crippen LogP contribution in [0.15, 0.2) is 30.3 Å². The molecule has 0 aliphatic carbocycles. The highest BCUT2D eigenvalue weighted by Gasteiger charge is 2.39. The van der Waals surface area contributed by atoms with Crippen LogP contribution >= 0.6 is 0 Å². The number of carboxylic acids is 1. The maximum absolute atomic E-state index is 11.7. The quantitative estimate of drug-likeness (QED) is 0.779. The van der Waals surface area contributed by atoms with E-state index in [0.717, 1.165) is 0 Å². The Morgan fingerprint density at radius 1 is 1.35 bits per heavy atom. The second kappa shape index (κ2) is 5.79. The van der Waals surface area contributed by atoms with Crippen LogP contribution in [0, 0.1) is 0 Å². The van der Waals surface area contributed by atoms with Gasteiger partial charge in [0.2, 0.25) is 0 Å². The molecule has 106 valence electrons. The Bertz CT molecular complexity index is 584. The zero-order valence-electron chi connectivity index (χ0n) is 11.1. The molecule has 2 rings (SSSR count). The summed E-state index contributed by atoms with van der Waals surface area (Å²) in [6.07, 6.45) is 0.586. The normalized spacial score (nSPS) is 13.9. The molecule has 0 aliphatic heterocycles. The van der Waals surface area contributed by atoms with Crippen LogP contribution in [0.2, 0.25) is 0 Å². The predicted octanol–water partition coefficient (Wildman–Crippen LogP) is 0.158. The van der Waals surface area contributed by atoms with Gasteiger partial charge in [0.15, 0.2) is 5.82 Å². The molecule has 2 N–H and O–H groups in total. The van der Waals surface area contributed by atoms with Crippen molar-refractivity contribution >= 4 is 5.97 Å². The van der Waals surface area contributed by atoms with Crippen molar-refractivity contribution in [1.82, 2.24) is 20.2 Å². The fraction of sp³-hybridized carbons (Fsp3) is 0.385. The number of benzene rings is 1. The highest BCUT2D eigenvalue weighted by atomic mass is 16.4. The number of nitrogens with zero attached hydrogens (tertiary/aromatic N) is 4. The van der Waals surface area contributed by atoms with Gasteiger partial charge in [-0.15, -0.1) is 5.10 Å². The maximum atomic E-state index is 11.7. The lowest BCUT2D eigenvalue weighted by Crippen LogP contribution is -2.40. The SMILES string of the molecule is Cn1nnnc1CCC(CO)(C(=O)O)c1ccccc1. The standard InChI is InChI=1S/C13H16N4O3/c1-17-11(14-15-16-17)7-8-13(9-18,12(19)20)10-5-3-2-4-6-10/h2-6,18H,7-9H2,1H3,(H,19,20). The first-order chi connectivity index (χ1) is 9.60. The van der Waals surface area contributed by atoms with Crippen LogP contribution in [0.4, 0.5) is 0 Å². The van der Waals surface area contributed by atoms with Gasteiger partial charge in [0.05, 0.1) is 6.61 Å². The summed E-state index contributed by atoms with van der Waals surface area (Å²) in [4.78, 5) is 11.7. The smallest absolute Gasteiger partial charge is 0.316 e. The first-order valence-electron chi connectivity index (χ1n) is 6.21. The Hall–Kier alpha value is -2.28. The molecule has 0 fully saturated rings. The van der Waals surface area contributed by atoms with Crippen molar-refractivity contribution in [2.45, 2.75) is 18.3 Å². The van der Waals surface area contributed by atoms with E-state index in [0.29, 0.717) is 17.8 Å². The molecule has 20 heavy (non-hydrogen) atoms. The van der Waals surface area contributed by atoms with Crippen molar-refractivity contribution in [2.24, 2.45) is 7.05 Å². The zero-order chi connectivity index (χ0) is 14.6. The lowest BCUT2D eigenvalue weighted by molar-refractivity contribution is -0.146. The van der Waals surface area contributed by atoms with E-state index in [9.17, 15) is 15.0 Å². The summed E-state index contributed by atoms with van der Waals surface area (Å²) >= 11 is 0. The average Bonchev–Trinajstić information content (AvgIpc) is 2.86. The van der Waals surface area contributed by atoms with Crippen molar-refractivity contribution < 1.29 is 15.0 Å². The van der Waals surface area contributed by atoms with E-state index in [4.69, 9.17) is 0 Å². The summed E-state index contributed by atoms with van der Waals surface area (Å²) in [6, 6.07) is 8.73. The zero-order valence-corrected chi connectivity index (χ0v) is 11.1. The van der Waals surface area contributed by atoms with E-state index in [2.05, 4.69) is 15.5 Å². The molecule has 0 amide bonds. The molecule has 1 atom stereocenters. The summed E-state index contributed by atoms with van der Waals surface area (Å²) in [7, 11) is 1.69. The topological polar surface area (TPSA) is 101 Å². The Morgan fingerprint density at radius 3 is 2.55 bits per heavy atom. The van der Waals surface area contributed by atoms with Crippen molar-refractivity contribution in [1.29, 1.82) is 0 Å². The molecule has 0 saturated carbocycles. The van der Waals surface area contributed by atoms with Crippen molar-refractivity contribution in [3.05, 3.63) is 41.7 Å². The molecular weight excluding hydrogens is 260 g/mol. The van der Waals surface area contributed by atoms with Gasteiger partial charge in [-0.1, -0.05) is 30.3 Å². The Balaban J connectivity index is 2.29. The number of hydrogen-bond donors (Lipinski definition) is 2. The van der Waals surface area contributed by atoms with E-state index < -0.39 is 18.0 Å². The Labute approximate surface area is 115 Å². The molecule has 0 saturated heterocycles. The third-order valence-electron chi connectivity index (χ3n) is 3.49. The number of aryl methyl sites for hydroxylation is 2. The molecule has 0 spiro atoms. The van der Waals surface area contributed by atoms with Crippen LogP contribution in [0.5, 0.6) is 0 Å². The molecule has 0 bridgehead atoms. The summed E-state index contributed by atoms with van der Waals surface area (Å²) in [5.41, 5.74) is -0.766. The van der Waals surface area contributed by atoms with Crippen LogP contribution in [-0.2, 0) is 23.7 Å². The fourth-order valence-electron chi connectivity index (χ4n) is 2.15. The number of hydrogen-bond acceptors (Lipinski definition) is 5. The molecular formula is C13H16N4O3. The molecule has 7 nitrogen and oxygen atoms in total. The van der Waals surface area contributed by atoms with Crippen LogP contribution in [0.3, 0.4) is 0 Å². The first-order valence-corrected chi connectivity index (χ1v) is 6.21. The van der Waals surface area contributed by atoms with Crippen molar-refractivity contribution in [2.75, 3.05) is 6.61 Å². The lowest BCUT2D eigenvalue weighted by atomic mass is 9.77. The van der Waals surface area contributed by atoms with E-state index >= 15 is 0 Å². The van der Waals surface area contributed by atoms with Gasteiger partial charge in [0.1, 0.15) is 5.41 Å². The highest BCUT2D eigenvalue weighted by Crippen LogP contribution is 2.29. The van der Waals surface area contributed by atoms with Gasteiger partial charge < -0.3 is 10.2 Å². The number of aliphatic carboxylic acids is 1. The van der Waals surface area contributed by atoms with Crippen molar-refractivity contribution in [3.8, 4) is 0 Å². The monoisotopic (exact) mass is 276 g/mol. The highest BCUT2D eigenvalue weighted by molar-refractivity contribution is 5.81. The number of carboxylic acid groups (broad SMARTS) is 1. The number of tetrazole rings is 1. The van der Waals surface area contributed by atoms with Gasteiger partial charge in [-0.2, -0.15) is 0 Å². The first kappa shape index (κ1) is 14.1. The molecule has 1 aromatic carbocycles. The molecule has 7 heteroatoms. The number of aliphatic hydroxyl groups excluding tert-OH is 1. The van der Waals surface area contributed by atoms with Crippen molar-refractivity contribution in [3.63, 3.8) is 0 Å². The van der Waals surface area contributed by atoms with Gasteiger partial charge in [0.25, 0.3) is 0 Å². The summed E-state index contributed by atoms with van der Waals surface area (Å²) in [5.74, 6) is -0.471. The summed E-state index contributed by atoms with van der Waals surface area (Å²) in [6.45, 7) is -0.475.